The van der Waals surface area contributed by atoms with Crippen molar-refractivity contribution >= 4 is 5.97 Å². The second-order valence-corrected chi connectivity index (χ2v) is 7.19. The molecule has 3 rings (SSSR count). The predicted octanol–water partition coefficient (Wildman–Crippen LogP) is 3.58. The molecule has 26 heavy (non-hydrogen) atoms. The maximum atomic E-state index is 12.1. The van der Waals surface area contributed by atoms with Gasteiger partial charge >= 0.3 is 5.97 Å². The molecule has 4 nitrogen and oxygen atoms in total. The van der Waals surface area contributed by atoms with Gasteiger partial charge in [-0.2, -0.15) is 0 Å². The number of nitrogens with one attached hydrogen (secondary N) is 1. The Labute approximate surface area is 155 Å². The first-order valence-corrected chi connectivity index (χ1v) is 9.32. The molecule has 0 bridgehead atoms. The van der Waals surface area contributed by atoms with Crippen LogP contribution in [0.5, 0.6) is 0 Å². The molecule has 0 radical (unpaired) electrons. The first-order valence-electron chi connectivity index (χ1n) is 9.32. The van der Waals surface area contributed by atoms with Crippen LogP contribution in [0.15, 0.2) is 60.7 Å². The standard InChI is InChI=1S/C22H27NO3/c24-21(26-17-19-9-5-2-6-10-19)15-22(25)13-11-20(12-14-22)23-16-18-7-3-1-4-8-18/h1-10,20,23,25H,11-17H2. The fraction of sp³-hybridized carbons (Fsp3) is 0.409. The van der Waals surface area contributed by atoms with Gasteiger partial charge in [0.25, 0.3) is 0 Å². The SMILES string of the molecule is O=C(CC1(O)CCC(NCc2ccccc2)CC1)OCc1ccccc1. The summed E-state index contributed by atoms with van der Waals surface area (Å²) in [6.07, 6.45) is 3.07. The third kappa shape index (κ3) is 5.68. The molecule has 0 aromatic heterocycles. The fourth-order valence-corrected chi connectivity index (χ4v) is 3.45. The average molecular weight is 353 g/mol. The summed E-state index contributed by atoms with van der Waals surface area (Å²) in [6, 6.07) is 20.3. The lowest BCUT2D eigenvalue weighted by Crippen LogP contribution is -2.42. The molecule has 4 heteroatoms. The van der Waals surface area contributed by atoms with Crippen molar-refractivity contribution in [3.8, 4) is 0 Å². The molecule has 1 aliphatic carbocycles. The molecule has 1 saturated carbocycles. The smallest absolute Gasteiger partial charge is 0.309 e. The number of benzene rings is 2. The number of carbonyl (C=O) groups is 1. The number of carbonyl (C=O) groups excluding carboxylic acids is 1. The van der Waals surface area contributed by atoms with Gasteiger partial charge in [0, 0.05) is 12.6 Å². The minimum absolute atomic E-state index is 0.0746. The Balaban J connectivity index is 1.39. The Morgan fingerprint density at radius 2 is 1.58 bits per heavy atom. The van der Waals surface area contributed by atoms with Crippen molar-refractivity contribution in [2.75, 3.05) is 0 Å². The highest BCUT2D eigenvalue weighted by molar-refractivity contribution is 5.70. The van der Waals surface area contributed by atoms with E-state index in [1.165, 1.54) is 5.56 Å². The Morgan fingerprint density at radius 1 is 1.00 bits per heavy atom. The molecule has 2 N–H and O–H groups in total. The van der Waals surface area contributed by atoms with Gasteiger partial charge < -0.3 is 15.2 Å². The molecule has 0 heterocycles. The lowest BCUT2D eigenvalue weighted by atomic mass is 9.80. The highest BCUT2D eigenvalue weighted by atomic mass is 16.5. The van der Waals surface area contributed by atoms with E-state index in [1.54, 1.807) is 0 Å². The molecule has 2 aromatic carbocycles. The molecule has 0 amide bonds. The van der Waals surface area contributed by atoms with Gasteiger partial charge in [-0.15, -0.1) is 0 Å². The van der Waals surface area contributed by atoms with Crippen molar-refractivity contribution in [3.05, 3.63) is 71.8 Å². The zero-order chi connectivity index (χ0) is 18.2. The molecule has 2 aromatic rings. The summed E-state index contributed by atoms with van der Waals surface area (Å²) in [5, 5.41) is 14.3. The zero-order valence-corrected chi connectivity index (χ0v) is 15.1. The van der Waals surface area contributed by atoms with Crippen LogP contribution < -0.4 is 5.32 Å². The van der Waals surface area contributed by atoms with Gasteiger partial charge in [0.2, 0.25) is 0 Å². The molecule has 0 aliphatic heterocycles. The van der Waals surface area contributed by atoms with E-state index in [1.807, 2.05) is 48.5 Å². The average Bonchev–Trinajstić information content (AvgIpc) is 2.67. The monoisotopic (exact) mass is 353 g/mol. The van der Waals surface area contributed by atoms with E-state index in [-0.39, 0.29) is 19.0 Å². The number of esters is 1. The summed E-state index contributed by atoms with van der Waals surface area (Å²) in [7, 11) is 0. The van der Waals surface area contributed by atoms with Crippen LogP contribution in [0, 0.1) is 0 Å². The van der Waals surface area contributed by atoms with Crippen LogP contribution in [0.3, 0.4) is 0 Å². The molecule has 1 fully saturated rings. The minimum atomic E-state index is -0.932. The Hall–Kier alpha value is -2.17. The lowest BCUT2D eigenvalue weighted by molar-refractivity contribution is -0.152. The zero-order valence-electron chi connectivity index (χ0n) is 15.1. The highest BCUT2D eigenvalue weighted by Gasteiger charge is 2.35. The van der Waals surface area contributed by atoms with Gasteiger partial charge in [-0.05, 0) is 36.8 Å². The van der Waals surface area contributed by atoms with Crippen molar-refractivity contribution in [3.63, 3.8) is 0 Å². The van der Waals surface area contributed by atoms with E-state index in [2.05, 4.69) is 17.4 Å². The molecular formula is C22H27NO3. The van der Waals surface area contributed by atoms with E-state index < -0.39 is 5.60 Å². The van der Waals surface area contributed by atoms with Crippen molar-refractivity contribution < 1.29 is 14.6 Å². The third-order valence-electron chi connectivity index (χ3n) is 5.07. The minimum Gasteiger partial charge on any atom is -0.461 e. The van der Waals surface area contributed by atoms with Gasteiger partial charge in [-0.25, -0.2) is 0 Å². The summed E-state index contributed by atoms with van der Waals surface area (Å²) in [4.78, 5) is 12.1. The van der Waals surface area contributed by atoms with Crippen LogP contribution >= 0.6 is 0 Å². The van der Waals surface area contributed by atoms with Gasteiger partial charge in [0.1, 0.15) is 6.61 Å². The van der Waals surface area contributed by atoms with Crippen molar-refractivity contribution in [1.82, 2.24) is 5.32 Å². The van der Waals surface area contributed by atoms with E-state index in [9.17, 15) is 9.90 Å². The fourth-order valence-electron chi connectivity index (χ4n) is 3.45. The Kier molecular flexibility index (Phi) is 6.42. The number of hydrogen-bond donors (Lipinski definition) is 2. The molecular weight excluding hydrogens is 326 g/mol. The van der Waals surface area contributed by atoms with Crippen LogP contribution in [-0.2, 0) is 22.7 Å². The first kappa shape index (κ1) is 18.6. The van der Waals surface area contributed by atoms with Gasteiger partial charge in [-0.3, -0.25) is 4.79 Å². The van der Waals surface area contributed by atoms with Gasteiger partial charge in [0.05, 0.1) is 12.0 Å². The summed E-state index contributed by atoms with van der Waals surface area (Å²) in [5.41, 5.74) is 1.29. The molecule has 0 spiro atoms. The maximum Gasteiger partial charge on any atom is 0.309 e. The summed E-state index contributed by atoms with van der Waals surface area (Å²) >= 11 is 0. The molecule has 1 aliphatic rings. The molecule has 138 valence electrons. The normalized spacial score (nSPS) is 22.7. The number of hydrogen-bond acceptors (Lipinski definition) is 4. The predicted molar refractivity (Wildman–Crippen MR) is 101 cm³/mol. The van der Waals surface area contributed by atoms with E-state index in [0.717, 1.165) is 24.9 Å². The van der Waals surface area contributed by atoms with E-state index >= 15 is 0 Å². The molecule has 0 saturated heterocycles. The van der Waals surface area contributed by atoms with Gasteiger partial charge in [0.15, 0.2) is 0 Å². The van der Waals surface area contributed by atoms with Crippen LogP contribution in [0.1, 0.15) is 43.2 Å². The van der Waals surface area contributed by atoms with Crippen LogP contribution in [-0.4, -0.2) is 22.7 Å². The van der Waals surface area contributed by atoms with Gasteiger partial charge in [-0.1, -0.05) is 60.7 Å². The van der Waals surface area contributed by atoms with Crippen molar-refractivity contribution in [2.24, 2.45) is 0 Å². The number of aliphatic hydroxyl groups is 1. The van der Waals surface area contributed by atoms with Crippen molar-refractivity contribution in [1.29, 1.82) is 0 Å². The van der Waals surface area contributed by atoms with E-state index in [4.69, 9.17) is 4.74 Å². The molecule has 0 atom stereocenters. The number of ether oxygens (including phenoxy) is 1. The second kappa shape index (κ2) is 8.97. The van der Waals surface area contributed by atoms with E-state index in [0.29, 0.717) is 18.9 Å². The first-order chi connectivity index (χ1) is 12.6. The van der Waals surface area contributed by atoms with Crippen LogP contribution in [0.2, 0.25) is 0 Å². The van der Waals surface area contributed by atoms with Crippen LogP contribution in [0.4, 0.5) is 0 Å². The Morgan fingerprint density at radius 3 is 2.19 bits per heavy atom. The quantitative estimate of drug-likeness (QED) is 0.747. The highest BCUT2D eigenvalue weighted by Crippen LogP contribution is 2.31. The van der Waals surface area contributed by atoms with Crippen LogP contribution in [0.25, 0.3) is 0 Å². The lowest BCUT2D eigenvalue weighted by Gasteiger charge is -2.35. The topological polar surface area (TPSA) is 58.6 Å². The third-order valence-corrected chi connectivity index (χ3v) is 5.07. The second-order valence-electron chi connectivity index (χ2n) is 7.19. The summed E-state index contributed by atoms with van der Waals surface area (Å²) < 4.78 is 5.31. The summed E-state index contributed by atoms with van der Waals surface area (Å²) in [5.74, 6) is -0.327. The number of rotatable bonds is 7. The Bertz CT molecular complexity index is 679. The van der Waals surface area contributed by atoms with Crippen molar-refractivity contribution in [2.45, 2.75) is 56.9 Å². The summed E-state index contributed by atoms with van der Waals surface area (Å²) in [6.45, 7) is 1.10. The molecule has 0 unspecified atom stereocenters. The maximum absolute atomic E-state index is 12.1. The largest absolute Gasteiger partial charge is 0.461 e.